The lowest BCUT2D eigenvalue weighted by molar-refractivity contribution is 0.686. The second-order valence-corrected chi connectivity index (χ2v) is 10.2. The minimum atomic E-state index is 0.645. The Hall–Kier alpha value is -1.04. The highest BCUT2D eigenvalue weighted by molar-refractivity contribution is 8.48. The van der Waals surface area contributed by atoms with Crippen LogP contribution >= 0.6 is 18.8 Å². The van der Waals surface area contributed by atoms with Crippen LogP contribution in [0.4, 0.5) is 0 Å². The average Bonchev–Trinajstić information content (AvgIpc) is 2.64. The number of aryl methyl sites for hydroxylation is 3. The Kier molecular flexibility index (Phi) is 12.5. The van der Waals surface area contributed by atoms with Crippen LogP contribution in [0.3, 0.4) is 0 Å². The van der Waals surface area contributed by atoms with Crippen LogP contribution in [0.2, 0.25) is 0 Å². The van der Waals surface area contributed by atoms with Crippen molar-refractivity contribution in [1.29, 1.82) is 0 Å². The largest absolute Gasteiger partial charge is 0.102 e. The molecule has 2 aromatic rings. The topological polar surface area (TPSA) is 0 Å². The van der Waals surface area contributed by atoms with Gasteiger partial charge >= 0.3 is 0 Å². The summed E-state index contributed by atoms with van der Waals surface area (Å²) in [6.45, 7) is 13.2. The van der Waals surface area contributed by atoms with Gasteiger partial charge in [-0.1, -0.05) is 91.9 Å². The van der Waals surface area contributed by atoms with Gasteiger partial charge in [0.2, 0.25) is 0 Å². The third-order valence-corrected chi connectivity index (χ3v) is 7.63. The van der Waals surface area contributed by atoms with Crippen molar-refractivity contribution in [1.82, 2.24) is 0 Å². The molecule has 148 valence electrons. The van der Waals surface area contributed by atoms with Crippen LogP contribution in [0.15, 0.2) is 48.5 Å². The summed E-state index contributed by atoms with van der Waals surface area (Å²) in [7, 11) is 1.48. The molecule has 0 aromatic heterocycles. The Balaban J connectivity index is 0.000000377. The van der Waals surface area contributed by atoms with Crippen LogP contribution in [-0.2, 0) is 0 Å². The van der Waals surface area contributed by atoms with Crippen LogP contribution in [-0.4, -0.2) is 11.0 Å². The molecule has 0 aliphatic carbocycles. The van der Waals surface area contributed by atoms with E-state index >= 15 is 0 Å². The molecule has 2 rings (SSSR count). The van der Waals surface area contributed by atoms with E-state index in [1.165, 1.54) is 61.1 Å². The normalized spacial score (nSPS) is 12.3. The molecule has 2 heteroatoms. The SMILES string of the molecule is CCCCC(C(C)=PSCCC)c1ccc(C)cc1.Cc1cccc(C)c1. The summed E-state index contributed by atoms with van der Waals surface area (Å²) in [6, 6.07) is 17.6. The van der Waals surface area contributed by atoms with Gasteiger partial charge in [-0.25, -0.2) is 0 Å². The maximum Gasteiger partial charge on any atom is 0.00966 e. The van der Waals surface area contributed by atoms with E-state index in [0.717, 1.165) is 0 Å². The van der Waals surface area contributed by atoms with E-state index in [0.29, 0.717) is 5.92 Å². The van der Waals surface area contributed by atoms with E-state index in [9.17, 15) is 0 Å². The van der Waals surface area contributed by atoms with Gasteiger partial charge in [0.05, 0.1) is 0 Å². The summed E-state index contributed by atoms with van der Waals surface area (Å²) >= 11 is 2.06. The van der Waals surface area contributed by atoms with Crippen molar-refractivity contribution in [3.63, 3.8) is 0 Å². The van der Waals surface area contributed by atoms with Gasteiger partial charge in [-0.3, -0.25) is 0 Å². The van der Waals surface area contributed by atoms with Gasteiger partial charge in [0.15, 0.2) is 0 Å². The van der Waals surface area contributed by atoms with Crippen molar-refractivity contribution in [3.8, 4) is 0 Å². The van der Waals surface area contributed by atoms with Gasteiger partial charge in [0.25, 0.3) is 0 Å². The van der Waals surface area contributed by atoms with Crippen molar-refractivity contribution in [2.24, 2.45) is 0 Å². The first-order valence-electron chi connectivity index (χ1n) is 10.2. The molecule has 0 aliphatic rings. The van der Waals surface area contributed by atoms with Crippen molar-refractivity contribution >= 4 is 24.1 Å². The number of hydrogen-bond acceptors (Lipinski definition) is 1. The molecule has 0 radical (unpaired) electrons. The monoisotopic (exact) mass is 400 g/mol. The van der Waals surface area contributed by atoms with Crippen LogP contribution in [0.25, 0.3) is 0 Å². The number of rotatable bonds is 8. The molecule has 0 saturated carbocycles. The lowest BCUT2D eigenvalue weighted by Gasteiger charge is -2.18. The molecule has 2 aromatic carbocycles. The van der Waals surface area contributed by atoms with Crippen LogP contribution in [0.5, 0.6) is 0 Å². The van der Waals surface area contributed by atoms with Gasteiger partial charge in [0.1, 0.15) is 0 Å². The molecular formula is C25H37PS. The summed E-state index contributed by atoms with van der Waals surface area (Å²) in [4.78, 5) is 0. The van der Waals surface area contributed by atoms with Gasteiger partial charge in [-0.15, -0.1) is 11.4 Å². The molecule has 27 heavy (non-hydrogen) atoms. The van der Waals surface area contributed by atoms with Gasteiger partial charge in [0, 0.05) is 11.7 Å². The van der Waals surface area contributed by atoms with E-state index in [1.807, 2.05) is 0 Å². The van der Waals surface area contributed by atoms with Crippen molar-refractivity contribution in [2.45, 2.75) is 73.1 Å². The van der Waals surface area contributed by atoms with E-state index < -0.39 is 0 Å². The summed E-state index contributed by atoms with van der Waals surface area (Å²) in [5.41, 5.74) is 5.53. The Morgan fingerprint density at radius 1 is 0.889 bits per heavy atom. The third-order valence-electron chi connectivity index (χ3n) is 4.51. The zero-order valence-electron chi connectivity index (χ0n) is 18.1. The third kappa shape index (κ3) is 10.2. The first-order valence-corrected chi connectivity index (χ1v) is 12.7. The van der Waals surface area contributed by atoms with Gasteiger partial charge in [-0.2, -0.15) is 0 Å². The fourth-order valence-electron chi connectivity index (χ4n) is 2.93. The molecule has 0 aliphatic heterocycles. The molecule has 0 nitrogen and oxygen atoms in total. The molecule has 0 amide bonds. The molecule has 0 fully saturated rings. The molecule has 0 spiro atoms. The van der Waals surface area contributed by atoms with E-state index in [2.05, 4.69) is 101 Å². The fraction of sp³-hybridized carbons (Fsp3) is 0.480. The Morgan fingerprint density at radius 2 is 1.52 bits per heavy atom. The summed E-state index contributed by atoms with van der Waals surface area (Å²) < 4.78 is 0. The summed E-state index contributed by atoms with van der Waals surface area (Å²) in [6.07, 6.45) is 5.18. The highest BCUT2D eigenvalue weighted by Gasteiger charge is 2.13. The van der Waals surface area contributed by atoms with Crippen molar-refractivity contribution in [3.05, 3.63) is 70.8 Å². The number of benzene rings is 2. The predicted molar refractivity (Wildman–Crippen MR) is 130 cm³/mol. The Morgan fingerprint density at radius 3 is 2.00 bits per heavy atom. The molecule has 0 saturated heterocycles. The highest BCUT2D eigenvalue weighted by Crippen LogP contribution is 2.32. The standard InChI is InChI=1S/C17H27PS.C8H10/c1-5-7-8-17(15(4)18-19-13-6-2)16-11-9-14(3)10-12-16;1-7-4-3-5-8(2)6-7/h9-12,17H,5-8,13H2,1-4H3;3-6H,1-2H3. The van der Waals surface area contributed by atoms with Gasteiger partial charge in [-0.05, 0) is 58.8 Å². The Labute approximate surface area is 173 Å². The number of unbranched alkanes of at least 4 members (excludes halogenated alkanes) is 1. The summed E-state index contributed by atoms with van der Waals surface area (Å²) in [5, 5.41) is 1.62. The predicted octanol–water partition coefficient (Wildman–Crippen LogP) is 8.77. The maximum atomic E-state index is 2.34. The quantitative estimate of drug-likeness (QED) is 0.315. The molecule has 0 N–H and O–H groups in total. The molecule has 1 unspecified atom stereocenters. The second-order valence-electron chi connectivity index (χ2n) is 7.33. The lowest BCUT2D eigenvalue weighted by Crippen LogP contribution is -2.07. The minimum Gasteiger partial charge on any atom is -0.102 e. The number of hydrogen-bond donors (Lipinski definition) is 0. The zero-order chi connectivity index (χ0) is 20.1. The van der Waals surface area contributed by atoms with Crippen LogP contribution in [0, 0.1) is 20.8 Å². The molecular weight excluding hydrogens is 363 g/mol. The Bertz CT molecular complexity index is 656. The fourth-order valence-corrected chi connectivity index (χ4v) is 5.63. The lowest BCUT2D eigenvalue weighted by atomic mass is 9.91. The van der Waals surface area contributed by atoms with Gasteiger partial charge < -0.3 is 0 Å². The average molecular weight is 401 g/mol. The highest BCUT2D eigenvalue weighted by atomic mass is 32.7. The van der Waals surface area contributed by atoms with E-state index in [4.69, 9.17) is 0 Å². The molecule has 1 atom stereocenters. The first kappa shape index (κ1) is 24.0. The van der Waals surface area contributed by atoms with Crippen molar-refractivity contribution < 1.29 is 0 Å². The smallest absolute Gasteiger partial charge is 0.00966 e. The zero-order valence-corrected chi connectivity index (χ0v) is 19.8. The summed E-state index contributed by atoms with van der Waals surface area (Å²) in [5.74, 6) is 1.92. The molecule has 0 bridgehead atoms. The minimum absolute atomic E-state index is 0.645. The maximum absolute atomic E-state index is 2.34. The van der Waals surface area contributed by atoms with Crippen LogP contribution < -0.4 is 0 Å². The van der Waals surface area contributed by atoms with Crippen molar-refractivity contribution in [2.75, 3.05) is 5.75 Å². The van der Waals surface area contributed by atoms with E-state index in [1.54, 1.807) is 5.29 Å². The van der Waals surface area contributed by atoms with E-state index in [-0.39, 0.29) is 0 Å². The first-order chi connectivity index (χ1) is 13.0. The molecule has 0 heterocycles. The van der Waals surface area contributed by atoms with Crippen LogP contribution in [0.1, 0.15) is 74.6 Å². The second kappa shape index (κ2) is 14.0.